The molecule has 17 heavy (non-hydrogen) atoms. The Bertz CT molecular complexity index is 482. The van der Waals surface area contributed by atoms with Crippen LogP contribution in [0.2, 0.25) is 0 Å². The summed E-state index contributed by atoms with van der Waals surface area (Å²) in [6.45, 7) is 1.69. The summed E-state index contributed by atoms with van der Waals surface area (Å²) in [6, 6.07) is 2.06. The standard InChI is InChI=1S/C12H12BrFN2O/c1-3-4-10(15)12(17)16-11-6-8(13)9(14)5-7(11)2/h1,5-6,10H,4,15H2,2H3,(H,16,17). The second-order valence-electron chi connectivity index (χ2n) is 3.59. The van der Waals surface area contributed by atoms with Gasteiger partial charge < -0.3 is 11.1 Å². The van der Waals surface area contributed by atoms with Gasteiger partial charge in [0.2, 0.25) is 5.91 Å². The van der Waals surface area contributed by atoms with Gasteiger partial charge in [-0.3, -0.25) is 4.79 Å². The fourth-order valence-corrected chi connectivity index (χ4v) is 1.57. The summed E-state index contributed by atoms with van der Waals surface area (Å²) < 4.78 is 13.4. The van der Waals surface area contributed by atoms with Crippen molar-refractivity contribution in [1.29, 1.82) is 0 Å². The number of hydrogen-bond acceptors (Lipinski definition) is 2. The van der Waals surface area contributed by atoms with Gasteiger partial charge in [0.15, 0.2) is 0 Å². The van der Waals surface area contributed by atoms with Crippen LogP contribution >= 0.6 is 15.9 Å². The molecular formula is C12H12BrFN2O. The predicted octanol–water partition coefficient (Wildman–Crippen LogP) is 2.19. The van der Waals surface area contributed by atoms with E-state index in [2.05, 4.69) is 27.2 Å². The molecule has 0 bridgehead atoms. The lowest BCUT2D eigenvalue weighted by Gasteiger charge is -2.12. The number of benzene rings is 1. The van der Waals surface area contributed by atoms with Gasteiger partial charge in [0.05, 0.1) is 10.5 Å². The van der Waals surface area contributed by atoms with Gasteiger partial charge in [0, 0.05) is 12.1 Å². The van der Waals surface area contributed by atoms with E-state index >= 15 is 0 Å². The summed E-state index contributed by atoms with van der Waals surface area (Å²) in [5, 5.41) is 2.61. The predicted molar refractivity (Wildman–Crippen MR) is 68.9 cm³/mol. The minimum Gasteiger partial charge on any atom is -0.324 e. The molecule has 0 radical (unpaired) electrons. The van der Waals surface area contributed by atoms with Crippen molar-refractivity contribution in [2.75, 3.05) is 5.32 Å². The lowest BCUT2D eigenvalue weighted by Crippen LogP contribution is -2.35. The van der Waals surface area contributed by atoms with Crippen LogP contribution in [0.1, 0.15) is 12.0 Å². The number of anilines is 1. The third-order valence-electron chi connectivity index (χ3n) is 2.20. The first-order valence-corrected chi connectivity index (χ1v) is 5.70. The first-order valence-electron chi connectivity index (χ1n) is 4.91. The van der Waals surface area contributed by atoms with Crippen molar-refractivity contribution in [3.63, 3.8) is 0 Å². The Morgan fingerprint density at radius 1 is 1.71 bits per heavy atom. The Hall–Kier alpha value is -1.38. The van der Waals surface area contributed by atoms with E-state index in [9.17, 15) is 9.18 Å². The highest BCUT2D eigenvalue weighted by Gasteiger charge is 2.14. The highest BCUT2D eigenvalue weighted by molar-refractivity contribution is 9.10. The minimum atomic E-state index is -0.761. The topological polar surface area (TPSA) is 55.1 Å². The third-order valence-corrected chi connectivity index (χ3v) is 2.81. The van der Waals surface area contributed by atoms with Crippen LogP contribution in [-0.2, 0) is 4.79 Å². The van der Waals surface area contributed by atoms with E-state index < -0.39 is 6.04 Å². The first kappa shape index (κ1) is 13.7. The highest BCUT2D eigenvalue weighted by atomic mass is 79.9. The van der Waals surface area contributed by atoms with Crippen LogP contribution in [0.15, 0.2) is 16.6 Å². The maximum absolute atomic E-state index is 13.2. The lowest BCUT2D eigenvalue weighted by atomic mass is 10.1. The second kappa shape index (κ2) is 5.80. The summed E-state index contributed by atoms with van der Waals surface area (Å²) in [7, 11) is 0. The molecule has 0 heterocycles. The van der Waals surface area contributed by atoms with Crippen molar-refractivity contribution in [3.8, 4) is 12.3 Å². The molecule has 1 rings (SSSR count). The summed E-state index contributed by atoms with van der Waals surface area (Å²) in [5.41, 5.74) is 6.68. The summed E-state index contributed by atoms with van der Waals surface area (Å²) in [5.74, 6) is 1.55. The number of terminal acetylenes is 1. The molecule has 1 unspecified atom stereocenters. The molecule has 0 saturated heterocycles. The van der Waals surface area contributed by atoms with Crippen LogP contribution in [0, 0.1) is 25.1 Å². The molecule has 3 N–H and O–H groups in total. The molecule has 0 aromatic heterocycles. The van der Waals surface area contributed by atoms with Gasteiger partial charge in [0.25, 0.3) is 0 Å². The molecule has 0 aliphatic rings. The molecule has 1 atom stereocenters. The number of nitrogens with one attached hydrogen (secondary N) is 1. The zero-order valence-corrected chi connectivity index (χ0v) is 10.8. The molecular weight excluding hydrogens is 287 g/mol. The molecule has 0 aliphatic heterocycles. The van der Waals surface area contributed by atoms with E-state index in [4.69, 9.17) is 12.2 Å². The smallest absolute Gasteiger partial charge is 0.242 e. The molecule has 1 aromatic rings. The normalized spacial score (nSPS) is 11.7. The van der Waals surface area contributed by atoms with Crippen molar-refractivity contribution in [1.82, 2.24) is 0 Å². The fourth-order valence-electron chi connectivity index (χ4n) is 1.23. The van der Waals surface area contributed by atoms with Gasteiger partial charge in [-0.05, 0) is 40.5 Å². The van der Waals surface area contributed by atoms with Gasteiger partial charge in [-0.25, -0.2) is 4.39 Å². The molecule has 5 heteroatoms. The molecule has 0 aliphatic carbocycles. The zero-order chi connectivity index (χ0) is 13.0. The molecule has 0 fully saturated rings. The number of nitrogens with two attached hydrogens (primary N) is 1. The minimum absolute atomic E-state index is 0.160. The number of halogens is 2. The molecule has 1 amide bonds. The van der Waals surface area contributed by atoms with Crippen LogP contribution in [0.25, 0.3) is 0 Å². The average Bonchev–Trinajstić information content (AvgIpc) is 2.26. The van der Waals surface area contributed by atoms with Crippen molar-refractivity contribution in [2.24, 2.45) is 5.73 Å². The number of aryl methyl sites for hydroxylation is 1. The Labute approximate surface area is 108 Å². The van der Waals surface area contributed by atoms with Crippen LogP contribution < -0.4 is 11.1 Å². The molecule has 3 nitrogen and oxygen atoms in total. The van der Waals surface area contributed by atoms with Crippen LogP contribution in [0.3, 0.4) is 0 Å². The maximum Gasteiger partial charge on any atom is 0.242 e. The van der Waals surface area contributed by atoms with Crippen molar-refractivity contribution in [3.05, 3.63) is 28.0 Å². The van der Waals surface area contributed by atoms with Gasteiger partial charge in [-0.2, -0.15) is 0 Å². The van der Waals surface area contributed by atoms with Crippen molar-refractivity contribution < 1.29 is 9.18 Å². The van der Waals surface area contributed by atoms with Crippen molar-refractivity contribution >= 4 is 27.5 Å². The Balaban J connectivity index is 2.86. The quantitative estimate of drug-likeness (QED) is 0.841. The number of hydrogen-bond donors (Lipinski definition) is 2. The summed E-state index contributed by atoms with van der Waals surface area (Å²) in [4.78, 5) is 11.6. The zero-order valence-electron chi connectivity index (χ0n) is 9.26. The first-order chi connectivity index (χ1) is 7.95. The number of carbonyl (C=O) groups is 1. The van der Waals surface area contributed by atoms with Gasteiger partial charge in [-0.15, -0.1) is 12.3 Å². The highest BCUT2D eigenvalue weighted by Crippen LogP contribution is 2.24. The summed E-state index contributed by atoms with van der Waals surface area (Å²) >= 11 is 3.05. The lowest BCUT2D eigenvalue weighted by molar-refractivity contribution is -0.117. The van der Waals surface area contributed by atoms with Crippen LogP contribution in [0.5, 0.6) is 0 Å². The Morgan fingerprint density at radius 2 is 2.35 bits per heavy atom. The fraction of sp³-hybridized carbons (Fsp3) is 0.250. The number of rotatable bonds is 3. The number of amides is 1. The van der Waals surface area contributed by atoms with E-state index in [0.29, 0.717) is 11.3 Å². The van der Waals surface area contributed by atoms with Gasteiger partial charge in [-0.1, -0.05) is 0 Å². The molecule has 0 saturated carbocycles. The van der Waals surface area contributed by atoms with E-state index in [1.54, 1.807) is 6.92 Å². The molecule has 1 aromatic carbocycles. The molecule has 0 spiro atoms. The van der Waals surface area contributed by atoms with E-state index in [1.165, 1.54) is 12.1 Å². The maximum atomic E-state index is 13.2. The van der Waals surface area contributed by atoms with Crippen LogP contribution in [-0.4, -0.2) is 11.9 Å². The largest absolute Gasteiger partial charge is 0.324 e. The van der Waals surface area contributed by atoms with E-state index in [-0.39, 0.29) is 22.6 Å². The van der Waals surface area contributed by atoms with E-state index in [1.807, 2.05) is 0 Å². The monoisotopic (exact) mass is 298 g/mol. The third kappa shape index (κ3) is 3.55. The molecule has 90 valence electrons. The average molecular weight is 299 g/mol. The SMILES string of the molecule is C#CCC(N)C(=O)Nc1cc(Br)c(F)cc1C. The Morgan fingerprint density at radius 3 is 2.94 bits per heavy atom. The summed E-state index contributed by atoms with van der Waals surface area (Å²) in [6.07, 6.45) is 5.23. The van der Waals surface area contributed by atoms with Crippen molar-refractivity contribution in [2.45, 2.75) is 19.4 Å². The van der Waals surface area contributed by atoms with Gasteiger partial charge >= 0.3 is 0 Å². The van der Waals surface area contributed by atoms with E-state index in [0.717, 1.165) is 0 Å². The number of carbonyl (C=O) groups excluding carboxylic acids is 1. The second-order valence-corrected chi connectivity index (χ2v) is 4.44. The van der Waals surface area contributed by atoms with Gasteiger partial charge in [0.1, 0.15) is 5.82 Å². The van der Waals surface area contributed by atoms with Crippen LogP contribution in [0.4, 0.5) is 10.1 Å². The Kier molecular flexibility index (Phi) is 4.67.